The highest BCUT2D eigenvalue weighted by Gasteiger charge is 2.28. The fraction of sp³-hybridized carbons (Fsp3) is 0.350. The van der Waals surface area contributed by atoms with Crippen LogP contribution in [0.15, 0.2) is 41.4 Å². The minimum absolute atomic E-state index is 0.459. The Morgan fingerprint density at radius 2 is 1.59 bits per heavy atom. The number of hydrogen-bond donors (Lipinski definition) is 0. The van der Waals surface area contributed by atoms with E-state index in [0.29, 0.717) is 26.2 Å². The van der Waals surface area contributed by atoms with Gasteiger partial charge in [-0.15, -0.1) is 0 Å². The third-order valence-corrected chi connectivity index (χ3v) is 6.25. The van der Waals surface area contributed by atoms with Crippen molar-refractivity contribution in [3.05, 3.63) is 53.1 Å². The Morgan fingerprint density at radius 1 is 0.926 bits per heavy atom. The quantitative estimate of drug-likeness (QED) is 0.757. The maximum Gasteiger partial charge on any atom is 0.211 e. The summed E-state index contributed by atoms with van der Waals surface area (Å²) in [5.41, 5.74) is 3.97. The summed E-state index contributed by atoms with van der Waals surface area (Å²) in [6.45, 7) is 6.18. The second kappa shape index (κ2) is 6.65. The molecule has 0 aromatic heterocycles. The van der Waals surface area contributed by atoms with Gasteiger partial charge in [0.25, 0.3) is 0 Å². The Labute approximate surface area is 160 Å². The van der Waals surface area contributed by atoms with E-state index in [9.17, 15) is 8.42 Å². The molecule has 0 saturated carbocycles. The van der Waals surface area contributed by atoms with Crippen LogP contribution in [-0.4, -0.2) is 55.9 Å². The molecule has 2 heterocycles. The van der Waals surface area contributed by atoms with Gasteiger partial charge in [0.05, 0.1) is 11.8 Å². The van der Waals surface area contributed by atoms with Gasteiger partial charge in [0.1, 0.15) is 17.3 Å². The first-order valence-electron chi connectivity index (χ1n) is 8.99. The molecule has 7 heteroatoms. The molecule has 142 valence electrons. The van der Waals surface area contributed by atoms with Crippen LogP contribution in [0.25, 0.3) is 0 Å². The van der Waals surface area contributed by atoms with Crippen LogP contribution in [0.3, 0.4) is 0 Å². The molecular formula is C20H23N3O3S. The Hall–Kier alpha value is -2.38. The molecule has 1 fully saturated rings. The summed E-state index contributed by atoms with van der Waals surface area (Å²) in [5.74, 6) is 2.35. The smallest absolute Gasteiger partial charge is 0.211 e. The van der Waals surface area contributed by atoms with Crippen LogP contribution >= 0.6 is 0 Å². The second-order valence-corrected chi connectivity index (χ2v) is 9.14. The molecule has 0 unspecified atom stereocenters. The zero-order valence-electron chi connectivity index (χ0n) is 15.8. The van der Waals surface area contributed by atoms with E-state index in [2.05, 4.69) is 11.0 Å². The Kier molecular flexibility index (Phi) is 4.44. The maximum absolute atomic E-state index is 11.8. The molecule has 0 aliphatic carbocycles. The summed E-state index contributed by atoms with van der Waals surface area (Å²) in [6.07, 6.45) is 1.26. The number of piperazine rings is 1. The van der Waals surface area contributed by atoms with Crippen molar-refractivity contribution in [1.29, 1.82) is 0 Å². The molecule has 4 rings (SSSR count). The van der Waals surface area contributed by atoms with Gasteiger partial charge in [0, 0.05) is 26.2 Å². The number of fused-ring (bicyclic) bond motifs is 2. The van der Waals surface area contributed by atoms with Crippen molar-refractivity contribution in [3.8, 4) is 11.5 Å². The highest BCUT2D eigenvalue weighted by Crippen LogP contribution is 2.39. The number of benzene rings is 2. The lowest BCUT2D eigenvalue weighted by Crippen LogP contribution is -2.50. The predicted octanol–water partition coefficient (Wildman–Crippen LogP) is 3.06. The van der Waals surface area contributed by atoms with E-state index in [1.54, 1.807) is 0 Å². The lowest BCUT2D eigenvalue weighted by atomic mass is 10.1. The van der Waals surface area contributed by atoms with Crippen LogP contribution in [0.1, 0.15) is 16.7 Å². The number of nitrogens with zero attached hydrogens (tertiary/aromatic N) is 3. The van der Waals surface area contributed by atoms with Crippen molar-refractivity contribution in [2.45, 2.75) is 13.8 Å². The molecule has 2 aromatic carbocycles. The highest BCUT2D eigenvalue weighted by atomic mass is 32.2. The van der Waals surface area contributed by atoms with Gasteiger partial charge >= 0.3 is 0 Å². The Morgan fingerprint density at radius 3 is 2.30 bits per heavy atom. The highest BCUT2D eigenvalue weighted by molar-refractivity contribution is 7.88. The Balaban J connectivity index is 1.76. The van der Waals surface area contributed by atoms with Crippen LogP contribution in [0.4, 0.5) is 5.69 Å². The molecule has 1 saturated heterocycles. The fourth-order valence-electron chi connectivity index (χ4n) is 3.47. The van der Waals surface area contributed by atoms with E-state index in [4.69, 9.17) is 9.73 Å². The van der Waals surface area contributed by atoms with E-state index in [1.165, 1.54) is 10.6 Å². The first-order chi connectivity index (χ1) is 12.8. The van der Waals surface area contributed by atoms with E-state index in [-0.39, 0.29) is 0 Å². The van der Waals surface area contributed by atoms with E-state index in [1.807, 2.05) is 44.2 Å². The predicted molar refractivity (Wildman–Crippen MR) is 107 cm³/mol. The molecule has 2 aromatic rings. The molecule has 0 radical (unpaired) electrons. The van der Waals surface area contributed by atoms with Crippen LogP contribution < -0.4 is 4.74 Å². The van der Waals surface area contributed by atoms with Gasteiger partial charge in [-0.25, -0.2) is 13.4 Å². The third kappa shape index (κ3) is 3.57. The van der Waals surface area contributed by atoms with Gasteiger partial charge in [-0.1, -0.05) is 17.7 Å². The first-order valence-corrected chi connectivity index (χ1v) is 10.8. The maximum atomic E-state index is 11.8. The summed E-state index contributed by atoms with van der Waals surface area (Å²) < 4.78 is 31.3. The van der Waals surface area contributed by atoms with Crippen LogP contribution in [0.5, 0.6) is 11.5 Å². The molecular weight excluding hydrogens is 362 g/mol. The van der Waals surface area contributed by atoms with Gasteiger partial charge in [0.15, 0.2) is 5.75 Å². The molecule has 2 aliphatic rings. The summed E-state index contributed by atoms with van der Waals surface area (Å²) >= 11 is 0. The fourth-order valence-corrected chi connectivity index (χ4v) is 4.30. The van der Waals surface area contributed by atoms with E-state index < -0.39 is 10.0 Å². The second-order valence-electron chi connectivity index (χ2n) is 7.16. The zero-order chi connectivity index (χ0) is 19.2. The Bertz CT molecular complexity index is 1020. The van der Waals surface area contributed by atoms with E-state index >= 15 is 0 Å². The van der Waals surface area contributed by atoms with Gasteiger partial charge in [-0.2, -0.15) is 4.31 Å². The van der Waals surface area contributed by atoms with Crippen molar-refractivity contribution >= 4 is 21.5 Å². The number of amidine groups is 1. The summed E-state index contributed by atoms with van der Waals surface area (Å²) in [6, 6.07) is 12.1. The minimum Gasteiger partial charge on any atom is -0.454 e. The van der Waals surface area contributed by atoms with Gasteiger partial charge in [-0.3, -0.25) is 0 Å². The van der Waals surface area contributed by atoms with Crippen LogP contribution in [-0.2, 0) is 10.0 Å². The van der Waals surface area contributed by atoms with Gasteiger partial charge in [-0.05, 0) is 43.7 Å². The van der Waals surface area contributed by atoms with Crippen LogP contribution in [0.2, 0.25) is 0 Å². The number of aryl methyl sites for hydroxylation is 2. The molecule has 0 N–H and O–H groups in total. The lowest BCUT2D eigenvalue weighted by Gasteiger charge is -2.35. The third-order valence-electron chi connectivity index (χ3n) is 4.94. The number of rotatable bonds is 1. The molecule has 2 aliphatic heterocycles. The van der Waals surface area contributed by atoms with E-state index in [0.717, 1.165) is 39.7 Å². The SMILES string of the molecule is Cc1ccc2c(c1)Oc1ccc(C)cc1C(N1CCN(S(C)(=O)=O)CC1)=N2. The molecule has 27 heavy (non-hydrogen) atoms. The first kappa shape index (κ1) is 18.0. The number of hydrogen-bond acceptors (Lipinski definition) is 5. The molecule has 0 bridgehead atoms. The average molecular weight is 385 g/mol. The standard InChI is InChI=1S/C20H23N3O3S/c1-14-5-7-18-16(12-14)20(21-17-6-4-15(2)13-19(17)26-18)22-8-10-23(11-9-22)27(3,24)25/h4-7,12-13H,8-11H2,1-3H3. The summed E-state index contributed by atoms with van der Waals surface area (Å²) in [5, 5.41) is 0. The summed E-state index contributed by atoms with van der Waals surface area (Å²) in [7, 11) is -3.17. The monoisotopic (exact) mass is 385 g/mol. The average Bonchev–Trinajstić information content (AvgIpc) is 2.77. The number of ether oxygens (including phenoxy) is 1. The van der Waals surface area contributed by atoms with Gasteiger partial charge < -0.3 is 9.64 Å². The molecule has 0 spiro atoms. The largest absolute Gasteiger partial charge is 0.454 e. The minimum atomic E-state index is -3.17. The molecule has 0 amide bonds. The van der Waals surface area contributed by atoms with Crippen molar-refractivity contribution < 1.29 is 13.2 Å². The topological polar surface area (TPSA) is 62.2 Å². The zero-order valence-corrected chi connectivity index (χ0v) is 16.6. The van der Waals surface area contributed by atoms with Crippen molar-refractivity contribution in [2.24, 2.45) is 4.99 Å². The van der Waals surface area contributed by atoms with Crippen LogP contribution in [0, 0.1) is 13.8 Å². The van der Waals surface area contributed by atoms with Gasteiger partial charge in [0.2, 0.25) is 10.0 Å². The molecule has 6 nitrogen and oxygen atoms in total. The van der Waals surface area contributed by atoms with Crippen molar-refractivity contribution in [3.63, 3.8) is 0 Å². The number of sulfonamides is 1. The lowest BCUT2D eigenvalue weighted by molar-refractivity contribution is 0.267. The number of aliphatic imine (C=N–C) groups is 1. The normalized spacial score (nSPS) is 17.4. The van der Waals surface area contributed by atoms with Crippen molar-refractivity contribution in [2.75, 3.05) is 32.4 Å². The van der Waals surface area contributed by atoms with Crippen molar-refractivity contribution in [1.82, 2.24) is 9.21 Å². The molecule has 0 atom stereocenters. The summed E-state index contributed by atoms with van der Waals surface area (Å²) in [4.78, 5) is 7.07.